The van der Waals surface area contributed by atoms with E-state index in [0.717, 1.165) is 19.3 Å². The van der Waals surface area contributed by atoms with Crippen molar-refractivity contribution in [1.82, 2.24) is 0 Å². The maximum absolute atomic E-state index is 12.3. The second-order valence-electron chi connectivity index (χ2n) is 5.79. The van der Waals surface area contributed by atoms with Gasteiger partial charge in [-0.2, -0.15) is 0 Å². The number of hydrogen-bond acceptors (Lipinski definition) is 4. The first kappa shape index (κ1) is 16.2. The van der Waals surface area contributed by atoms with Crippen LogP contribution in [-0.2, 0) is 17.6 Å². The number of ether oxygens (including phenoxy) is 2. The van der Waals surface area contributed by atoms with E-state index in [1.807, 2.05) is 18.2 Å². The van der Waals surface area contributed by atoms with E-state index in [2.05, 4.69) is 0 Å². The number of rotatable bonds is 6. The van der Waals surface area contributed by atoms with Crippen molar-refractivity contribution in [3.05, 3.63) is 64.7 Å². The van der Waals surface area contributed by atoms with Crippen molar-refractivity contribution in [2.24, 2.45) is 0 Å². The molecular formula is C20H20O4. The third-order valence-electron chi connectivity index (χ3n) is 4.16. The fraction of sp³-hybridized carbons (Fsp3) is 0.300. The zero-order chi connectivity index (χ0) is 16.9. The quantitative estimate of drug-likeness (QED) is 0.601. The molecule has 0 bridgehead atoms. The standard InChI is InChI=1S/C20H20O4/c1-2-23-20(22)15-8-10-18(11-9-15)24-13-19(21)17-7-6-14-4-3-5-16(14)12-17/h6-12H,2-5,13H2,1H3. The molecule has 2 aromatic carbocycles. The average molecular weight is 324 g/mol. The van der Waals surface area contributed by atoms with Crippen LogP contribution in [0.2, 0.25) is 0 Å². The highest BCUT2D eigenvalue weighted by molar-refractivity contribution is 5.97. The smallest absolute Gasteiger partial charge is 0.338 e. The lowest BCUT2D eigenvalue weighted by atomic mass is 10.0. The molecule has 0 radical (unpaired) electrons. The Hall–Kier alpha value is -2.62. The van der Waals surface area contributed by atoms with E-state index < -0.39 is 0 Å². The van der Waals surface area contributed by atoms with Gasteiger partial charge >= 0.3 is 5.97 Å². The maximum atomic E-state index is 12.3. The number of Topliss-reactive ketones (excluding diaryl/α,β-unsaturated/α-hetero) is 1. The number of fused-ring (bicyclic) bond motifs is 1. The molecule has 0 amide bonds. The summed E-state index contributed by atoms with van der Waals surface area (Å²) < 4.78 is 10.5. The molecule has 0 N–H and O–H groups in total. The molecule has 0 unspecified atom stereocenters. The molecule has 4 heteroatoms. The van der Waals surface area contributed by atoms with Gasteiger partial charge in [0.1, 0.15) is 5.75 Å². The van der Waals surface area contributed by atoms with Crippen LogP contribution in [-0.4, -0.2) is 25.0 Å². The van der Waals surface area contributed by atoms with Crippen LogP contribution in [0.25, 0.3) is 0 Å². The summed E-state index contributed by atoms with van der Waals surface area (Å²) in [5.41, 5.74) is 3.79. The van der Waals surface area contributed by atoms with Crippen molar-refractivity contribution in [3.63, 3.8) is 0 Å². The van der Waals surface area contributed by atoms with E-state index in [0.29, 0.717) is 23.5 Å². The van der Waals surface area contributed by atoms with E-state index in [1.54, 1.807) is 31.2 Å². The van der Waals surface area contributed by atoms with Gasteiger partial charge in [0.05, 0.1) is 12.2 Å². The Labute approximate surface area is 141 Å². The molecule has 0 heterocycles. The predicted octanol–water partition coefficient (Wildman–Crippen LogP) is 3.61. The van der Waals surface area contributed by atoms with Crippen molar-refractivity contribution in [2.75, 3.05) is 13.2 Å². The molecule has 1 aliphatic carbocycles. The minimum Gasteiger partial charge on any atom is -0.485 e. The number of carbonyl (C=O) groups excluding carboxylic acids is 2. The predicted molar refractivity (Wildman–Crippen MR) is 90.7 cm³/mol. The molecule has 0 aromatic heterocycles. The molecule has 0 aliphatic heterocycles. The van der Waals surface area contributed by atoms with Gasteiger partial charge < -0.3 is 9.47 Å². The van der Waals surface area contributed by atoms with E-state index in [4.69, 9.17) is 9.47 Å². The van der Waals surface area contributed by atoms with Gasteiger partial charge in [0.2, 0.25) is 0 Å². The third kappa shape index (κ3) is 3.65. The number of carbonyl (C=O) groups is 2. The van der Waals surface area contributed by atoms with Gasteiger partial charge in [-0.3, -0.25) is 4.79 Å². The largest absolute Gasteiger partial charge is 0.485 e. The number of hydrogen-bond donors (Lipinski definition) is 0. The van der Waals surface area contributed by atoms with Crippen LogP contribution in [0.15, 0.2) is 42.5 Å². The summed E-state index contributed by atoms with van der Waals surface area (Å²) in [7, 11) is 0. The Kier molecular flexibility index (Phi) is 4.94. The van der Waals surface area contributed by atoms with Gasteiger partial charge in [-0.25, -0.2) is 4.79 Å². The summed E-state index contributed by atoms with van der Waals surface area (Å²) in [5.74, 6) is 0.148. The highest BCUT2D eigenvalue weighted by atomic mass is 16.5. The number of benzene rings is 2. The Bertz CT molecular complexity index is 747. The van der Waals surface area contributed by atoms with Crippen molar-refractivity contribution in [2.45, 2.75) is 26.2 Å². The summed E-state index contributed by atoms with van der Waals surface area (Å²) in [6.07, 6.45) is 3.32. The molecule has 0 fully saturated rings. The average Bonchev–Trinajstić information content (AvgIpc) is 3.08. The number of aryl methyl sites for hydroxylation is 2. The first-order valence-electron chi connectivity index (χ1n) is 8.22. The van der Waals surface area contributed by atoms with Crippen LogP contribution in [0.3, 0.4) is 0 Å². The lowest BCUT2D eigenvalue weighted by molar-refractivity contribution is 0.0526. The Morgan fingerprint density at radius 2 is 1.67 bits per heavy atom. The third-order valence-corrected chi connectivity index (χ3v) is 4.16. The Morgan fingerprint density at radius 1 is 0.958 bits per heavy atom. The van der Waals surface area contributed by atoms with Crippen LogP contribution in [0.4, 0.5) is 0 Å². The lowest BCUT2D eigenvalue weighted by Crippen LogP contribution is -2.12. The van der Waals surface area contributed by atoms with Gasteiger partial charge in [0.25, 0.3) is 0 Å². The molecular weight excluding hydrogens is 304 g/mol. The van der Waals surface area contributed by atoms with E-state index in [-0.39, 0.29) is 18.4 Å². The molecule has 124 valence electrons. The van der Waals surface area contributed by atoms with Gasteiger partial charge in [0.15, 0.2) is 12.4 Å². The highest BCUT2D eigenvalue weighted by Gasteiger charge is 2.14. The first-order valence-corrected chi connectivity index (χ1v) is 8.22. The van der Waals surface area contributed by atoms with Gasteiger partial charge in [0, 0.05) is 5.56 Å². The monoisotopic (exact) mass is 324 g/mol. The Balaban J connectivity index is 1.59. The second kappa shape index (κ2) is 7.30. The fourth-order valence-corrected chi connectivity index (χ4v) is 2.88. The molecule has 0 saturated carbocycles. The van der Waals surface area contributed by atoms with Crippen molar-refractivity contribution in [3.8, 4) is 5.75 Å². The van der Waals surface area contributed by atoms with Gasteiger partial charge in [-0.05, 0) is 67.6 Å². The van der Waals surface area contributed by atoms with Crippen molar-refractivity contribution in [1.29, 1.82) is 0 Å². The molecule has 0 atom stereocenters. The topological polar surface area (TPSA) is 52.6 Å². The molecule has 1 aliphatic rings. The second-order valence-corrected chi connectivity index (χ2v) is 5.79. The molecule has 24 heavy (non-hydrogen) atoms. The van der Waals surface area contributed by atoms with Crippen LogP contribution in [0.5, 0.6) is 5.75 Å². The zero-order valence-corrected chi connectivity index (χ0v) is 13.7. The van der Waals surface area contributed by atoms with Crippen LogP contribution in [0, 0.1) is 0 Å². The van der Waals surface area contributed by atoms with E-state index in [9.17, 15) is 9.59 Å². The van der Waals surface area contributed by atoms with Crippen molar-refractivity contribution >= 4 is 11.8 Å². The normalized spacial score (nSPS) is 12.5. The zero-order valence-electron chi connectivity index (χ0n) is 13.7. The first-order chi connectivity index (χ1) is 11.7. The minimum atomic E-state index is -0.363. The van der Waals surface area contributed by atoms with Crippen molar-refractivity contribution < 1.29 is 19.1 Å². The minimum absolute atomic E-state index is 0.0163. The van der Waals surface area contributed by atoms with Crippen LogP contribution in [0.1, 0.15) is 45.2 Å². The molecule has 4 nitrogen and oxygen atoms in total. The van der Waals surface area contributed by atoms with Crippen LogP contribution >= 0.6 is 0 Å². The Morgan fingerprint density at radius 3 is 2.42 bits per heavy atom. The highest BCUT2D eigenvalue weighted by Crippen LogP contribution is 2.23. The van der Waals surface area contributed by atoms with E-state index >= 15 is 0 Å². The van der Waals surface area contributed by atoms with Gasteiger partial charge in [-0.1, -0.05) is 12.1 Å². The summed E-state index contributed by atoms with van der Waals surface area (Å²) >= 11 is 0. The van der Waals surface area contributed by atoms with Gasteiger partial charge in [-0.15, -0.1) is 0 Å². The summed E-state index contributed by atoms with van der Waals surface area (Å²) in [5, 5.41) is 0. The summed E-state index contributed by atoms with van der Waals surface area (Å²) in [6, 6.07) is 12.5. The number of esters is 1. The lowest BCUT2D eigenvalue weighted by Gasteiger charge is -2.08. The molecule has 3 rings (SSSR count). The number of ketones is 1. The molecule has 0 saturated heterocycles. The fourth-order valence-electron chi connectivity index (χ4n) is 2.88. The molecule has 2 aromatic rings. The maximum Gasteiger partial charge on any atom is 0.338 e. The SMILES string of the molecule is CCOC(=O)c1ccc(OCC(=O)c2ccc3c(c2)CCC3)cc1. The summed E-state index contributed by atoms with van der Waals surface area (Å²) in [6.45, 7) is 2.09. The van der Waals surface area contributed by atoms with E-state index in [1.165, 1.54) is 11.1 Å². The molecule has 0 spiro atoms. The summed E-state index contributed by atoms with van der Waals surface area (Å²) in [4.78, 5) is 23.9. The van der Waals surface area contributed by atoms with Crippen LogP contribution < -0.4 is 4.74 Å².